The van der Waals surface area contributed by atoms with Gasteiger partial charge < -0.3 is 10.5 Å². The van der Waals surface area contributed by atoms with E-state index in [1.807, 2.05) is 6.07 Å². The van der Waals surface area contributed by atoms with Gasteiger partial charge in [-0.3, -0.25) is 4.98 Å². The maximum atomic E-state index is 5.97. The number of nitrogens with two attached hydrogens (primary N) is 1. The highest BCUT2D eigenvalue weighted by Gasteiger charge is 2.22. The summed E-state index contributed by atoms with van der Waals surface area (Å²) in [6, 6.07) is 2.19. The Labute approximate surface area is 94.6 Å². The highest BCUT2D eigenvalue weighted by atomic mass is 35.5. The summed E-state index contributed by atoms with van der Waals surface area (Å²) in [7, 11) is 0. The molecule has 4 heteroatoms. The number of nitrogens with zero attached hydrogens (tertiary/aromatic N) is 1. The molecule has 2 rings (SSSR count). The van der Waals surface area contributed by atoms with Crippen LogP contribution >= 0.6 is 11.6 Å². The van der Waals surface area contributed by atoms with Gasteiger partial charge in [0.1, 0.15) is 0 Å². The molecule has 0 amide bonds. The monoisotopic (exact) mass is 226 g/mol. The van der Waals surface area contributed by atoms with Crippen LogP contribution in [0.2, 0.25) is 5.02 Å². The molecule has 1 aliphatic rings. The molecule has 0 aromatic carbocycles. The standard InChI is InChI=1S/C11H15ClN2O/c12-11-6-14-4-3-8(11)7-15-10-2-1-9(13)5-10/h3-4,6,9-10H,1-2,5,7,13H2. The second-order valence-corrected chi connectivity index (χ2v) is 4.38. The van der Waals surface area contributed by atoms with Crippen molar-refractivity contribution >= 4 is 11.6 Å². The Morgan fingerprint density at radius 3 is 3.07 bits per heavy atom. The molecular weight excluding hydrogens is 212 g/mol. The summed E-state index contributed by atoms with van der Waals surface area (Å²) in [5.74, 6) is 0. The third-order valence-electron chi connectivity index (χ3n) is 2.76. The lowest BCUT2D eigenvalue weighted by molar-refractivity contribution is 0.0448. The molecule has 2 atom stereocenters. The van der Waals surface area contributed by atoms with Crippen LogP contribution in [-0.4, -0.2) is 17.1 Å². The predicted octanol–water partition coefficient (Wildman–Crippen LogP) is 2.13. The zero-order chi connectivity index (χ0) is 10.7. The van der Waals surface area contributed by atoms with Crippen LogP contribution in [0.1, 0.15) is 24.8 Å². The first-order valence-corrected chi connectivity index (χ1v) is 5.59. The average molecular weight is 227 g/mol. The molecule has 0 radical (unpaired) electrons. The van der Waals surface area contributed by atoms with Gasteiger partial charge in [-0.15, -0.1) is 0 Å². The van der Waals surface area contributed by atoms with Crippen molar-refractivity contribution in [3.05, 3.63) is 29.0 Å². The Hall–Kier alpha value is -0.640. The lowest BCUT2D eigenvalue weighted by atomic mass is 10.2. The largest absolute Gasteiger partial charge is 0.373 e. The maximum absolute atomic E-state index is 5.97. The van der Waals surface area contributed by atoms with E-state index in [2.05, 4.69) is 4.98 Å². The van der Waals surface area contributed by atoms with Crippen molar-refractivity contribution in [3.8, 4) is 0 Å². The first kappa shape index (κ1) is 10.9. The minimum atomic E-state index is 0.296. The summed E-state index contributed by atoms with van der Waals surface area (Å²) in [6.07, 6.45) is 6.75. The van der Waals surface area contributed by atoms with Crippen LogP contribution in [0.4, 0.5) is 0 Å². The molecule has 15 heavy (non-hydrogen) atoms. The number of hydrogen-bond donors (Lipinski definition) is 1. The third-order valence-corrected chi connectivity index (χ3v) is 3.10. The molecule has 2 N–H and O–H groups in total. The fraction of sp³-hybridized carbons (Fsp3) is 0.545. The van der Waals surface area contributed by atoms with Crippen LogP contribution < -0.4 is 5.73 Å². The van der Waals surface area contributed by atoms with E-state index in [1.165, 1.54) is 0 Å². The fourth-order valence-electron chi connectivity index (χ4n) is 1.85. The van der Waals surface area contributed by atoms with E-state index >= 15 is 0 Å². The SMILES string of the molecule is NC1CCC(OCc2ccncc2Cl)C1. The average Bonchev–Trinajstić information content (AvgIpc) is 2.63. The maximum Gasteiger partial charge on any atom is 0.0736 e. The molecule has 0 saturated heterocycles. The van der Waals surface area contributed by atoms with Crippen LogP contribution in [0.15, 0.2) is 18.5 Å². The Bertz CT molecular complexity index is 332. The number of ether oxygens (including phenoxy) is 1. The van der Waals surface area contributed by atoms with Gasteiger partial charge in [0.05, 0.1) is 17.7 Å². The van der Waals surface area contributed by atoms with Crippen molar-refractivity contribution in [1.82, 2.24) is 4.98 Å². The summed E-state index contributed by atoms with van der Waals surface area (Å²) >= 11 is 5.97. The molecule has 1 fully saturated rings. The predicted molar refractivity (Wildman–Crippen MR) is 59.7 cm³/mol. The quantitative estimate of drug-likeness (QED) is 0.859. The zero-order valence-corrected chi connectivity index (χ0v) is 9.28. The Morgan fingerprint density at radius 2 is 2.40 bits per heavy atom. The minimum Gasteiger partial charge on any atom is -0.373 e. The summed E-state index contributed by atoms with van der Waals surface area (Å²) in [4.78, 5) is 3.93. The van der Waals surface area contributed by atoms with Gasteiger partial charge in [-0.25, -0.2) is 0 Å². The lowest BCUT2D eigenvalue weighted by Gasteiger charge is -2.11. The second-order valence-electron chi connectivity index (χ2n) is 3.97. The van der Waals surface area contributed by atoms with Gasteiger partial charge in [0.15, 0.2) is 0 Å². The van der Waals surface area contributed by atoms with Crippen molar-refractivity contribution in [2.24, 2.45) is 5.73 Å². The molecule has 1 aromatic heterocycles. The van der Waals surface area contributed by atoms with E-state index in [1.54, 1.807) is 12.4 Å². The summed E-state index contributed by atoms with van der Waals surface area (Å²) in [5, 5.41) is 0.666. The number of hydrogen-bond acceptors (Lipinski definition) is 3. The van der Waals surface area contributed by atoms with Gasteiger partial charge in [-0.2, -0.15) is 0 Å². The van der Waals surface area contributed by atoms with Crippen molar-refractivity contribution in [2.45, 2.75) is 38.0 Å². The number of halogens is 1. The number of aromatic nitrogens is 1. The smallest absolute Gasteiger partial charge is 0.0736 e. The van der Waals surface area contributed by atoms with Gasteiger partial charge >= 0.3 is 0 Å². The minimum absolute atomic E-state index is 0.296. The molecule has 0 bridgehead atoms. The second kappa shape index (κ2) is 4.92. The van der Waals surface area contributed by atoms with Crippen molar-refractivity contribution < 1.29 is 4.74 Å². The van der Waals surface area contributed by atoms with E-state index in [4.69, 9.17) is 22.1 Å². The van der Waals surface area contributed by atoms with Gasteiger partial charge in [0.25, 0.3) is 0 Å². The molecule has 1 saturated carbocycles. The molecule has 0 spiro atoms. The highest BCUT2D eigenvalue weighted by Crippen LogP contribution is 2.23. The number of rotatable bonds is 3. The Kier molecular flexibility index (Phi) is 3.57. The molecule has 1 aromatic rings. The van der Waals surface area contributed by atoms with Crippen LogP contribution in [0.5, 0.6) is 0 Å². The summed E-state index contributed by atoms with van der Waals surface area (Å²) in [6.45, 7) is 0.554. The summed E-state index contributed by atoms with van der Waals surface area (Å²) in [5.41, 5.74) is 6.80. The normalized spacial score (nSPS) is 25.7. The van der Waals surface area contributed by atoms with E-state index in [-0.39, 0.29) is 0 Å². The lowest BCUT2D eigenvalue weighted by Crippen LogP contribution is -2.17. The topological polar surface area (TPSA) is 48.1 Å². The number of pyridine rings is 1. The van der Waals surface area contributed by atoms with Gasteiger partial charge in [0.2, 0.25) is 0 Å². The van der Waals surface area contributed by atoms with Crippen LogP contribution in [0.25, 0.3) is 0 Å². The van der Waals surface area contributed by atoms with E-state index in [0.717, 1.165) is 24.8 Å². The van der Waals surface area contributed by atoms with E-state index in [9.17, 15) is 0 Å². The zero-order valence-electron chi connectivity index (χ0n) is 8.53. The third kappa shape index (κ3) is 2.91. The fourth-order valence-corrected chi connectivity index (χ4v) is 2.03. The first-order valence-electron chi connectivity index (χ1n) is 5.21. The molecule has 1 heterocycles. The van der Waals surface area contributed by atoms with Crippen molar-refractivity contribution in [1.29, 1.82) is 0 Å². The van der Waals surface area contributed by atoms with Gasteiger partial charge in [0, 0.05) is 18.4 Å². The van der Waals surface area contributed by atoms with Crippen molar-refractivity contribution in [3.63, 3.8) is 0 Å². The molecule has 82 valence electrons. The van der Waals surface area contributed by atoms with Crippen LogP contribution in [-0.2, 0) is 11.3 Å². The van der Waals surface area contributed by atoms with Crippen LogP contribution in [0, 0.1) is 0 Å². The molecule has 0 aliphatic heterocycles. The molecule has 2 unspecified atom stereocenters. The first-order chi connectivity index (χ1) is 7.25. The van der Waals surface area contributed by atoms with E-state index in [0.29, 0.717) is 23.8 Å². The van der Waals surface area contributed by atoms with Gasteiger partial charge in [-0.05, 0) is 30.9 Å². The Balaban J connectivity index is 1.86. The summed E-state index contributed by atoms with van der Waals surface area (Å²) < 4.78 is 5.75. The molecule has 1 aliphatic carbocycles. The molecule has 3 nitrogen and oxygen atoms in total. The molecular formula is C11H15ClN2O. The van der Waals surface area contributed by atoms with Crippen LogP contribution in [0.3, 0.4) is 0 Å². The highest BCUT2D eigenvalue weighted by molar-refractivity contribution is 6.31. The Morgan fingerprint density at radius 1 is 1.53 bits per heavy atom. The van der Waals surface area contributed by atoms with Gasteiger partial charge in [-0.1, -0.05) is 11.6 Å². The van der Waals surface area contributed by atoms with Crippen molar-refractivity contribution in [2.75, 3.05) is 0 Å². The van der Waals surface area contributed by atoms with E-state index < -0.39 is 0 Å².